The Morgan fingerprint density at radius 2 is 2.14 bits per heavy atom. The van der Waals surface area contributed by atoms with Crippen LogP contribution in [0.5, 0.6) is 5.88 Å². The van der Waals surface area contributed by atoms with Crippen molar-refractivity contribution in [2.24, 2.45) is 7.05 Å². The summed E-state index contributed by atoms with van der Waals surface area (Å²) >= 11 is 0. The van der Waals surface area contributed by atoms with Crippen LogP contribution in [0.1, 0.15) is 27.4 Å². The number of rotatable bonds is 4. The minimum atomic E-state index is -4.72. The Morgan fingerprint density at radius 3 is 2.64 bits per heavy atom. The molecule has 2 rings (SSSR count). The number of alkyl halides is 3. The van der Waals surface area contributed by atoms with E-state index >= 15 is 0 Å². The van der Waals surface area contributed by atoms with E-state index in [-0.39, 0.29) is 18.0 Å². The van der Waals surface area contributed by atoms with Crippen molar-refractivity contribution < 1.29 is 27.8 Å². The van der Waals surface area contributed by atoms with Crippen LogP contribution < -0.4 is 4.74 Å². The Hall–Kier alpha value is -2.72. The number of carboxylic acid groups (broad SMARTS) is 1. The molecular formula is C11H10F3N5O3. The van der Waals surface area contributed by atoms with Gasteiger partial charge in [-0.1, -0.05) is 0 Å². The molecule has 0 spiro atoms. The maximum Gasteiger partial charge on any atom is 0.433 e. The van der Waals surface area contributed by atoms with Gasteiger partial charge in [0, 0.05) is 7.05 Å². The third-order valence-electron chi connectivity index (χ3n) is 2.72. The van der Waals surface area contributed by atoms with E-state index in [2.05, 4.69) is 20.5 Å². The molecule has 0 fully saturated rings. The van der Waals surface area contributed by atoms with E-state index < -0.39 is 29.3 Å². The summed E-state index contributed by atoms with van der Waals surface area (Å²) in [5, 5.41) is 19.5. The van der Waals surface area contributed by atoms with Crippen molar-refractivity contribution in [1.29, 1.82) is 0 Å². The fourth-order valence-electron chi connectivity index (χ4n) is 1.65. The van der Waals surface area contributed by atoms with Crippen LogP contribution in [-0.4, -0.2) is 36.3 Å². The minimum Gasteiger partial charge on any atom is -0.477 e. The average Bonchev–Trinajstić information content (AvgIpc) is 2.81. The zero-order valence-corrected chi connectivity index (χ0v) is 11.4. The van der Waals surface area contributed by atoms with Crippen molar-refractivity contribution in [3.8, 4) is 5.88 Å². The van der Waals surface area contributed by atoms with Gasteiger partial charge in [0.25, 0.3) is 0 Å². The lowest BCUT2D eigenvalue weighted by Crippen LogP contribution is -2.15. The molecule has 0 radical (unpaired) electrons. The monoisotopic (exact) mass is 317 g/mol. The molecule has 1 N–H and O–H groups in total. The molecule has 8 nitrogen and oxygen atoms in total. The molecule has 0 aliphatic carbocycles. The van der Waals surface area contributed by atoms with Crippen LogP contribution in [0.15, 0.2) is 6.07 Å². The van der Waals surface area contributed by atoms with Gasteiger partial charge in [-0.05, 0) is 29.0 Å². The summed E-state index contributed by atoms with van der Waals surface area (Å²) in [5.74, 6) is -1.89. The van der Waals surface area contributed by atoms with E-state index in [1.54, 1.807) is 0 Å². The molecule has 0 aromatic carbocycles. The number of carbonyl (C=O) groups is 1. The van der Waals surface area contributed by atoms with Gasteiger partial charge >= 0.3 is 12.1 Å². The van der Waals surface area contributed by atoms with Crippen LogP contribution in [0.3, 0.4) is 0 Å². The van der Waals surface area contributed by atoms with Gasteiger partial charge in [-0.15, -0.1) is 5.10 Å². The zero-order valence-electron chi connectivity index (χ0n) is 11.4. The average molecular weight is 317 g/mol. The predicted octanol–water partition coefficient (Wildman–Crippen LogP) is 1.21. The molecule has 2 aromatic heterocycles. The number of aromatic nitrogens is 5. The molecule has 0 unspecified atom stereocenters. The van der Waals surface area contributed by atoms with Gasteiger partial charge in [0.1, 0.15) is 5.56 Å². The molecule has 2 aromatic rings. The van der Waals surface area contributed by atoms with E-state index in [4.69, 9.17) is 9.84 Å². The largest absolute Gasteiger partial charge is 0.477 e. The fraction of sp³-hybridized carbons (Fsp3) is 0.364. The topological polar surface area (TPSA) is 103 Å². The Labute approximate surface area is 121 Å². The third-order valence-corrected chi connectivity index (χ3v) is 2.72. The van der Waals surface area contributed by atoms with Gasteiger partial charge in [-0.3, -0.25) is 0 Å². The highest BCUT2D eigenvalue weighted by Crippen LogP contribution is 2.33. The van der Waals surface area contributed by atoms with Crippen LogP contribution >= 0.6 is 0 Å². The van der Waals surface area contributed by atoms with Crippen LogP contribution in [-0.2, 0) is 19.8 Å². The van der Waals surface area contributed by atoms with Gasteiger partial charge in [0.2, 0.25) is 5.88 Å². The summed E-state index contributed by atoms with van der Waals surface area (Å²) in [6.07, 6.45) is -4.72. The van der Waals surface area contributed by atoms with Crippen LogP contribution in [0.4, 0.5) is 13.2 Å². The molecular weight excluding hydrogens is 307 g/mol. The summed E-state index contributed by atoms with van der Waals surface area (Å²) in [7, 11) is 1.50. The Balaban J connectivity index is 2.39. The Morgan fingerprint density at radius 1 is 1.45 bits per heavy atom. The van der Waals surface area contributed by atoms with Gasteiger partial charge in [0.05, 0.1) is 0 Å². The number of hydrogen-bond donors (Lipinski definition) is 1. The fourth-order valence-corrected chi connectivity index (χ4v) is 1.65. The second kappa shape index (κ2) is 5.58. The van der Waals surface area contributed by atoms with Crippen molar-refractivity contribution >= 4 is 5.97 Å². The highest BCUT2D eigenvalue weighted by Gasteiger charge is 2.36. The lowest BCUT2D eigenvalue weighted by atomic mass is 10.1. The second-order valence-electron chi connectivity index (χ2n) is 4.32. The van der Waals surface area contributed by atoms with Gasteiger partial charge in [-0.25, -0.2) is 14.5 Å². The van der Waals surface area contributed by atoms with Crippen LogP contribution in [0.25, 0.3) is 0 Å². The van der Waals surface area contributed by atoms with Crippen molar-refractivity contribution in [3.05, 3.63) is 28.7 Å². The second-order valence-corrected chi connectivity index (χ2v) is 4.32. The van der Waals surface area contributed by atoms with Gasteiger partial charge in [-0.2, -0.15) is 13.2 Å². The first-order valence-electron chi connectivity index (χ1n) is 5.86. The quantitative estimate of drug-likeness (QED) is 0.904. The molecule has 11 heteroatoms. The highest BCUT2D eigenvalue weighted by molar-refractivity contribution is 5.90. The van der Waals surface area contributed by atoms with Crippen molar-refractivity contribution in [2.75, 3.05) is 0 Å². The zero-order chi connectivity index (χ0) is 16.5. The number of ether oxygens (including phenoxy) is 1. The van der Waals surface area contributed by atoms with Crippen molar-refractivity contribution in [1.82, 2.24) is 25.2 Å². The smallest absolute Gasteiger partial charge is 0.433 e. The molecule has 0 amide bonds. The van der Waals surface area contributed by atoms with E-state index in [1.165, 1.54) is 11.7 Å². The number of tetrazole rings is 1. The lowest BCUT2D eigenvalue weighted by molar-refractivity contribution is -0.141. The Kier molecular flexibility index (Phi) is 3.97. The van der Waals surface area contributed by atoms with E-state index in [1.807, 2.05) is 0 Å². The maximum atomic E-state index is 12.8. The van der Waals surface area contributed by atoms with Crippen molar-refractivity contribution in [2.45, 2.75) is 19.7 Å². The molecule has 22 heavy (non-hydrogen) atoms. The highest BCUT2D eigenvalue weighted by atomic mass is 19.4. The molecule has 0 aliphatic heterocycles. The maximum absolute atomic E-state index is 12.8. The number of aromatic carboxylic acids is 1. The molecule has 2 heterocycles. The minimum absolute atomic E-state index is 0.201. The normalized spacial score (nSPS) is 11.5. The number of pyridine rings is 1. The number of halogens is 3. The lowest BCUT2D eigenvalue weighted by Gasteiger charge is -2.13. The number of aryl methyl sites for hydroxylation is 2. The third kappa shape index (κ3) is 3.13. The SMILES string of the molecule is Cc1cc(C(=O)O)c(OCc2nnnn2C)nc1C(F)(F)F. The first kappa shape index (κ1) is 15.7. The summed E-state index contributed by atoms with van der Waals surface area (Å²) in [6.45, 7) is 0.801. The summed E-state index contributed by atoms with van der Waals surface area (Å²) in [6, 6.07) is 0.864. The van der Waals surface area contributed by atoms with E-state index in [9.17, 15) is 18.0 Å². The van der Waals surface area contributed by atoms with Crippen LogP contribution in [0.2, 0.25) is 0 Å². The molecule has 0 bridgehead atoms. The van der Waals surface area contributed by atoms with Crippen LogP contribution in [0, 0.1) is 6.92 Å². The van der Waals surface area contributed by atoms with Gasteiger partial charge in [0.15, 0.2) is 18.1 Å². The number of hydrogen-bond acceptors (Lipinski definition) is 6. The van der Waals surface area contributed by atoms with Crippen molar-refractivity contribution in [3.63, 3.8) is 0 Å². The molecule has 118 valence electrons. The molecule has 0 aliphatic rings. The summed E-state index contributed by atoms with van der Waals surface area (Å²) in [4.78, 5) is 14.4. The van der Waals surface area contributed by atoms with E-state index in [0.717, 1.165) is 13.0 Å². The van der Waals surface area contributed by atoms with Gasteiger partial charge < -0.3 is 9.84 Å². The number of carboxylic acids is 1. The predicted molar refractivity (Wildman–Crippen MR) is 64.1 cm³/mol. The summed E-state index contributed by atoms with van der Waals surface area (Å²) in [5.41, 5.74) is -1.98. The molecule has 0 atom stereocenters. The first-order chi connectivity index (χ1) is 10.2. The molecule has 0 saturated heterocycles. The van der Waals surface area contributed by atoms with E-state index in [0.29, 0.717) is 0 Å². The first-order valence-corrected chi connectivity index (χ1v) is 5.86. The number of nitrogens with zero attached hydrogens (tertiary/aromatic N) is 5. The standard InChI is InChI=1S/C11H10F3N5O3/c1-5-3-6(10(20)21)9(15-8(5)11(12,13)14)22-4-7-16-17-18-19(7)2/h3H,4H2,1-2H3,(H,20,21). The molecule has 0 saturated carbocycles. The Bertz CT molecular complexity index is 713. The summed E-state index contributed by atoms with van der Waals surface area (Å²) < 4.78 is 44.8.